The molecule has 1 rings (SSSR count). The Morgan fingerprint density at radius 2 is 2.42 bits per heavy atom. The summed E-state index contributed by atoms with van der Waals surface area (Å²) in [6.07, 6.45) is -1.72. The molecular weight excluding hydrogens is 164 g/mol. The van der Waals surface area contributed by atoms with E-state index in [9.17, 15) is 9.90 Å². The third kappa shape index (κ3) is 1.50. The molecule has 0 saturated carbocycles. The molecule has 2 unspecified atom stereocenters. The van der Waals surface area contributed by atoms with Crippen LogP contribution in [-0.2, 0) is 4.74 Å². The number of hydrogen-bond acceptors (Lipinski definition) is 4. The number of hydrogen-bond donors (Lipinski definition) is 3. The largest absolute Gasteiger partial charge is 0.395 e. The molecule has 1 heterocycles. The molecule has 0 aromatic heterocycles. The number of amides is 2. The van der Waals surface area contributed by atoms with Gasteiger partial charge in [-0.15, -0.1) is 0 Å². The van der Waals surface area contributed by atoms with Crippen LogP contribution in [-0.4, -0.2) is 53.9 Å². The first-order chi connectivity index (χ1) is 5.70. The van der Waals surface area contributed by atoms with E-state index in [2.05, 4.69) is 5.32 Å². The van der Waals surface area contributed by atoms with Crippen molar-refractivity contribution >= 4 is 6.03 Å². The number of aliphatic hydroxyl groups excluding tert-OH is 2. The Morgan fingerprint density at radius 3 is 2.92 bits per heavy atom. The molecule has 1 fully saturated rings. The van der Waals surface area contributed by atoms with E-state index >= 15 is 0 Å². The normalized spacial score (nSPS) is 29.2. The van der Waals surface area contributed by atoms with Gasteiger partial charge >= 0.3 is 6.03 Å². The van der Waals surface area contributed by atoms with Crippen molar-refractivity contribution in [3.8, 4) is 0 Å². The van der Waals surface area contributed by atoms with E-state index in [4.69, 9.17) is 9.84 Å². The van der Waals surface area contributed by atoms with Crippen LogP contribution in [0.15, 0.2) is 0 Å². The summed E-state index contributed by atoms with van der Waals surface area (Å²) in [4.78, 5) is 12.2. The summed E-state index contributed by atoms with van der Waals surface area (Å²) in [5.74, 6) is 0. The molecule has 70 valence electrons. The number of aliphatic hydroxyl groups is 2. The lowest BCUT2D eigenvalue weighted by atomic mass is 10.4. The van der Waals surface area contributed by atoms with Crippen LogP contribution in [0.3, 0.4) is 0 Å². The monoisotopic (exact) mass is 176 g/mol. The number of urea groups is 1. The van der Waals surface area contributed by atoms with E-state index in [1.165, 1.54) is 12.0 Å². The van der Waals surface area contributed by atoms with Gasteiger partial charge in [-0.3, -0.25) is 4.90 Å². The van der Waals surface area contributed by atoms with Crippen molar-refractivity contribution in [3.63, 3.8) is 0 Å². The summed E-state index contributed by atoms with van der Waals surface area (Å²) < 4.78 is 4.84. The van der Waals surface area contributed by atoms with Crippen LogP contribution in [0.4, 0.5) is 4.79 Å². The van der Waals surface area contributed by atoms with Crippen LogP contribution in [0.5, 0.6) is 0 Å². The predicted molar refractivity (Wildman–Crippen MR) is 39.1 cm³/mol. The van der Waals surface area contributed by atoms with Crippen LogP contribution >= 0.6 is 0 Å². The molecule has 12 heavy (non-hydrogen) atoms. The lowest BCUT2D eigenvalue weighted by molar-refractivity contribution is -0.0651. The molecule has 3 N–H and O–H groups in total. The molecule has 2 amide bonds. The maximum atomic E-state index is 11.0. The lowest BCUT2D eigenvalue weighted by Gasteiger charge is -2.21. The quantitative estimate of drug-likeness (QED) is 0.478. The highest BCUT2D eigenvalue weighted by atomic mass is 16.5. The van der Waals surface area contributed by atoms with Crippen LogP contribution in [0, 0.1) is 0 Å². The highest BCUT2D eigenvalue weighted by Gasteiger charge is 2.37. The lowest BCUT2D eigenvalue weighted by Crippen LogP contribution is -2.39. The zero-order chi connectivity index (χ0) is 9.14. The van der Waals surface area contributed by atoms with Gasteiger partial charge in [0.15, 0.2) is 12.5 Å². The molecule has 0 aromatic rings. The molecule has 0 aliphatic carbocycles. The summed E-state index contributed by atoms with van der Waals surface area (Å²) in [6.45, 7) is 0.00139. The first-order valence-electron chi connectivity index (χ1n) is 3.59. The number of methoxy groups -OCH3 is 1. The molecule has 2 atom stereocenters. The highest BCUT2D eigenvalue weighted by molar-refractivity contribution is 5.76. The molecule has 0 aromatic carbocycles. The summed E-state index contributed by atoms with van der Waals surface area (Å²) >= 11 is 0. The Kier molecular flexibility index (Phi) is 2.85. The zero-order valence-electron chi connectivity index (χ0n) is 6.73. The van der Waals surface area contributed by atoms with Gasteiger partial charge < -0.3 is 20.3 Å². The molecule has 0 bridgehead atoms. The summed E-state index contributed by atoms with van der Waals surface area (Å²) in [7, 11) is 1.39. The first kappa shape index (κ1) is 9.24. The number of carbonyl (C=O) groups is 1. The standard InChI is InChI=1S/C6H12N2O4/c1-12-5-4(10)7-6(11)8(5)2-3-9/h4-5,9-10H,2-3H2,1H3,(H,7,11). The minimum Gasteiger partial charge on any atom is -0.395 e. The predicted octanol–water partition coefficient (Wildman–Crippen LogP) is -1.71. The van der Waals surface area contributed by atoms with Crippen LogP contribution in [0.2, 0.25) is 0 Å². The van der Waals surface area contributed by atoms with E-state index in [-0.39, 0.29) is 13.2 Å². The molecule has 6 heteroatoms. The average molecular weight is 176 g/mol. The molecule has 0 radical (unpaired) electrons. The van der Waals surface area contributed by atoms with Crippen LogP contribution < -0.4 is 5.32 Å². The molecule has 1 aliphatic heterocycles. The van der Waals surface area contributed by atoms with E-state index in [0.717, 1.165) is 0 Å². The topological polar surface area (TPSA) is 82.0 Å². The number of nitrogens with zero attached hydrogens (tertiary/aromatic N) is 1. The Hall–Kier alpha value is -0.850. The number of rotatable bonds is 3. The first-order valence-corrected chi connectivity index (χ1v) is 3.59. The Labute approximate surface area is 69.7 Å². The van der Waals surface area contributed by atoms with Gasteiger partial charge in [-0.05, 0) is 0 Å². The number of nitrogens with one attached hydrogen (secondary N) is 1. The minimum absolute atomic E-state index is 0.153. The van der Waals surface area contributed by atoms with Gasteiger partial charge in [0.25, 0.3) is 0 Å². The SMILES string of the molecule is COC1C(O)NC(=O)N1CCO. The smallest absolute Gasteiger partial charge is 0.321 e. The van der Waals surface area contributed by atoms with Crippen LogP contribution in [0.25, 0.3) is 0 Å². The molecule has 1 aliphatic rings. The molecule has 6 nitrogen and oxygen atoms in total. The van der Waals surface area contributed by atoms with Gasteiger partial charge in [0, 0.05) is 13.7 Å². The molecular formula is C6H12N2O4. The van der Waals surface area contributed by atoms with Gasteiger partial charge in [-0.2, -0.15) is 0 Å². The second-order valence-electron chi connectivity index (χ2n) is 2.44. The van der Waals surface area contributed by atoms with Crippen molar-refractivity contribution in [2.45, 2.75) is 12.5 Å². The van der Waals surface area contributed by atoms with Crippen molar-refractivity contribution < 1.29 is 19.7 Å². The van der Waals surface area contributed by atoms with Gasteiger partial charge in [-0.25, -0.2) is 4.79 Å². The van der Waals surface area contributed by atoms with Crippen molar-refractivity contribution in [1.82, 2.24) is 10.2 Å². The second-order valence-corrected chi connectivity index (χ2v) is 2.44. The van der Waals surface area contributed by atoms with Gasteiger partial charge in [0.05, 0.1) is 6.61 Å². The Bertz CT molecular complexity index is 175. The Balaban J connectivity index is 2.61. The van der Waals surface area contributed by atoms with E-state index in [0.29, 0.717) is 0 Å². The fourth-order valence-corrected chi connectivity index (χ4v) is 1.16. The van der Waals surface area contributed by atoms with Crippen molar-refractivity contribution in [3.05, 3.63) is 0 Å². The van der Waals surface area contributed by atoms with Crippen molar-refractivity contribution in [2.24, 2.45) is 0 Å². The summed E-state index contributed by atoms with van der Waals surface area (Å²) in [6, 6.07) is -0.427. The fraction of sp³-hybridized carbons (Fsp3) is 0.833. The summed E-state index contributed by atoms with van der Waals surface area (Å²) in [5, 5.41) is 20.0. The van der Waals surface area contributed by atoms with Crippen molar-refractivity contribution in [2.75, 3.05) is 20.3 Å². The highest BCUT2D eigenvalue weighted by Crippen LogP contribution is 2.11. The maximum absolute atomic E-state index is 11.0. The van der Waals surface area contributed by atoms with Gasteiger partial charge in [0.2, 0.25) is 0 Å². The number of β-amino-alcohol motifs (C(OH)–C–C–N with tert-alkyl or cyclic N) is 1. The minimum atomic E-state index is -1.02. The van der Waals surface area contributed by atoms with E-state index < -0.39 is 18.5 Å². The third-order valence-corrected chi connectivity index (χ3v) is 1.69. The van der Waals surface area contributed by atoms with Gasteiger partial charge in [0.1, 0.15) is 0 Å². The van der Waals surface area contributed by atoms with E-state index in [1.807, 2.05) is 0 Å². The zero-order valence-corrected chi connectivity index (χ0v) is 6.73. The maximum Gasteiger partial charge on any atom is 0.321 e. The molecule has 0 spiro atoms. The third-order valence-electron chi connectivity index (χ3n) is 1.69. The number of ether oxygens (including phenoxy) is 1. The average Bonchev–Trinajstić information content (AvgIpc) is 2.28. The van der Waals surface area contributed by atoms with Crippen LogP contribution in [0.1, 0.15) is 0 Å². The van der Waals surface area contributed by atoms with Gasteiger partial charge in [-0.1, -0.05) is 0 Å². The fourth-order valence-electron chi connectivity index (χ4n) is 1.16. The summed E-state index contributed by atoms with van der Waals surface area (Å²) in [5.41, 5.74) is 0. The number of carbonyl (C=O) groups excluding carboxylic acids is 1. The van der Waals surface area contributed by atoms with E-state index in [1.54, 1.807) is 0 Å². The molecule has 1 saturated heterocycles. The van der Waals surface area contributed by atoms with Crippen molar-refractivity contribution in [1.29, 1.82) is 0 Å². The second kappa shape index (κ2) is 3.70. The Morgan fingerprint density at radius 1 is 1.75 bits per heavy atom.